The Balaban J connectivity index is 2.51. The predicted molar refractivity (Wildman–Crippen MR) is 74.2 cm³/mol. The zero-order valence-electron chi connectivity index (χ0n) is 11.8. The smallest absolute Gasteiger partial charge is 0.0443 e. The summed E-state index contributed by atoms with van der Waals surface area (Å²) >= 11 is 0. The second-order valence-corrected chi connectivity index (χ2v) is 5.65. The molecule has 2 nitrogen and oxygen atoms in total. The molecule has 17 heavy (non-hydrogen) atoms. The molecule has 0 aromatic rings. The Morgan fingerprint density at radius 2 is 1.76 bits per heavy atom. The van der Waals surface area contributed by atoms with E-state index in [-0.39, 0.29) is 0 Å². The fraction of sp³-hybridized carbons (Fsp3) is 1.00. The van der Waals surface area contributed by atoms with Crippen molar-refractivity contribution < 1.29 is 5.11 Å². The number of aliphatic hydroxyl groups excluding tert-OH is 1. The number of hydrogen-bond donors (Lipinski definition) is 1. The Bertz CT molecular complexity index is 176. The number of nitrogens with zero attached hydrogens (tertiary/aromatic N) is 1. The summed E-state index contributed by atoms with van der Waals surface area (Å²) in [5.41, 5.74) is 0. The minimum Gasteiger partial charge on any atom is -0.396 e. The first kappa shape index (κ1) is 15.0. The number of unbranched alkanes of at least 4 members (excludes halogenated alkanes) is 1. The van der Waals surface area contributed by atoms with E-state index in [9.17, 15) is 0 Å². The summed E-state index contributed by atoms with van der Waals surface area (Å²) in [4.78, 5) is 2.66. The Morgan fingerprint density at radius 1 is 1.06 bits per heavy atom. The minimum absolute atomic E-state index is 0.337. The Hall–Kier alpha value is -0.0800. The van der Waals surface area contributed by atoms with Gasteiger partial charge in [0, 0.05) is 19.2 Å². The Kier molecular flexibility index (Phi) is 7.87. The van der Waals surface area contributed by atoms with E-state index < -0.39 is 0 Å². The summed E-state index contributed by atoms with van der Waals surface area (Å²) in [7, 11) is 0. The molecule has 1 fully saturated rings. The molecule has 1 saturated carbocycles. The summed E-state index contributed by atoms with van der Waals surface area (Å²) in [6.45, 7) is 7.34. The van der Waals surface area contributed by atoms with Gasteiger partial charge < -0.3 is 10.0 Å². The van der Waals surface area contributed by atoms with Gasteiger partial charge in [0.15, 0.2) is 0 Å². The SMILES string of the molecule is CCCCN(CCCO)C1CCCCCC1C. The zero-order chi connectivity index (χ0) is 12.5. The minimum atomic E-state index is 0.337. The van der Waals surface area contributed by atoms with Crippen LogP contribution in [0, 0.1) is 5.92 Å². The van der Waals surface area contributed by atoms with E-state index in [1.165, 1.54) is 51.5 Å². The van der Waals surface area contributed by atoms with Crippen LogP contribution in [0.5, 0.6) is 0 Å². The maximum atomic E-state index is 9.03. The fourth-order valence-electron chi connectivity index (χ4n) is 3.09. The van der Waals surface area contributed by atoms with Crippen LogP contribution in [0.1, 0.15) is 65.2 Å². The van der Waals surface area contributed by atoms with Gasteiger partial charge in [-0.3, -0.25) is 0 Å². The average molecular weight is 241 g/mol. The molecule has 0 bridgehead atoms. The molecule has 0 aromatic heterocycles. The van der Waals surface area contributed by atoms with Gasteiger partial charge >= 0.3 is 0 Å². The molecule has 0 amide bonds. The number of hydrogen-bond acceptors (Lipinski definition) is 2. The van der Waals surface area contributed by atoms with Crippen LogP contribution in [-0.4, -0.2) is 35.7 Å². The van der Waals surface area contributed by atoms with Gasteiger partial charge in [-0.2, -0.15) is 0 Å². The molecule has 2 unspecified atom stereocenters. The van der Waals surface area contributed by atoms with Crippen LogP contribution in [0.3, 0.4) is 0 Å². The molecule has 0 spiro atoms. The van der Waals surface area contributed by atoms with Crippen LogP contribution in [0.2, 0.25) is 0 Å². The first-order valence-corrected chi connectivity index (χ1v) is 7.64. The van der Waals surface area contributed by atoms with Crippen molar-refractivity contribution in [3.05, 3.63) is 0 Å². The molecule has 0 radical (unpaired) electrons. The van der Waals surface area contributed by atoms with Crippen molar-refractivity contribution in [3.8, 4) is 0 Å². The first-order valence-electron chi connectivity index (χ1n) is 7.64. The molecule has 2 heteroatoms. The molecule has 0 aliphatic heterocycles. The summed E-state index contributed by atoms with van der Waals surface area (Å²) < 4.78 is 0. The van der Waals surface area contributed by atoms with Gasteiger partial charge in [0.25, 0.3) is 0 Å². The van der Waals surface area contributed by atoms with Gasteiger partial charge in [0.1, 0.15) is 0 Å². The molecular formula is C15H31NO. The van der Waals surface area contributed by atoms with Crippen LogP contribution >= 0.6 is 0 Å². The van der Waals surface area contributed by atoms with Crippen LogP contribution in [0.4, 0.5) is 0 Å². The summed E-state index contributed by atoms with van der Waals surface area (Å²) in [5.74, 6) is 0.841. The Labute approximate surface area is 107 Å². The van der Waals surface area contributed by atoms with Gasteiger partial charge in [-0.15, -0.1) is 0 Å². The normalized spacial score (nSPS) is 26.1. The highest BCUT2D eigenvalue weighted by atomic mass is 16.3. The van der Waals surface area contributed by atoms with Crippen molar-refractivity contribution in [3.63, 3.8) is 0 Å². The van der Waals surface area contributed by atoms with Crippen LogP contribution in [0.15, 0.2) is 0 Å². The van der Waals surface area contributed by atoms with Gasteiger partial charge in [0.05, 0.1) is 0 Å². The lowest BCUT2D eigenvalue weighted by Gasteiger charge is -2.35. The van der Waals surface area contributed by atoms with Crippen molar-refractivity contribution in [1.82, 2.24) is 4.90 Å². The molecular weight excluding hydrogens is 210 g/mol. The van der Waals surface area contributed by atoms with Gasteiger partial charge in [-0.05, 0) is 38.1 Å². The highest BCUT2D eigenvalue weighted by Gasteiger charge is 2.25. The summed E-state index contributed by atoms with van der Waals surface area (Å²) in [6.07, 6.45) is 10.5. The summed E-state index contributed by atoms with van der Waals surface area (Å²) in [5, 5.41) is 9.03. The second-order valence-electron chi connectivity index (χ2n) is 5.65. The highest BCUT2D eigenvalue weighted by Crippen LogP contribution is 2.27. The maximum Gasteiger partial charge on any atom is 0.0443 e. The van der Waals surface area contributed by atoms with Crippen molar-refractivity contribution in [1.29, 1.82) is 0 Å². The third-order valence-electron chi connectivity index (χ3n) is 4.19. The molecule has 1 rings (SSSR count). The molecule has 1 N–H and O–H groups in total. The van der Waals surface area contributed by atoms with E-state index >= 15 is 0 Å². The van der Waals surface area contributed by atoms with Crippen molar-refractivity contribution in [2.45, 2.75) is 71.3 Å². The third kappa shape index (κ3) is 5.39. The van der Waals surface area contributed by atoms with E-state index in [0.29, 0.717) is 6.61 Å². The van der Waals surface area contributed by atoms with Crippen molar-refractivity contribution in [2.75, 3.05) is 19.7 Å². The first-order chi connectivity index (χ1) is 8.29. The molecule has 2 atom stereocenters. The van der Waals surface area contributed by atoms with E-state index in [4.69, 9.17) is 5.11 Å². The molecule has 102 valence electrons. The van der Waals surface area contributed by atoms with Crippen LogP contribution in [0.25, 0.3) is 0 Å². The van der Waals surface area contributed by atoms with Crippen LogP contribution in [-0.2, 0) is 0 Å². The molecule has 0 aromatic carbocycles. The van der Waals surface area contributed by atoms with Crippen molar-refractivity contribution >= 4 is 0 Å². The molecule has 1 aliphatic carbocycles. The van der Waals surface area contributed by atoms with E-state index in [1.54, 1.807) is 0 Å². The zero-order valence-corrected chi connectivity index (χ0v) is 11.8. The lowest BCUT2D eigenvalue weighted by molar-refractivity contribution is 0.126. The van der Waals surface area contributed by atoms with E-state index in [0.717, 1.165) is 24.9 Å². The molecule has 0 saturated heterocycles. The molecule has 1 aliphatic rings. The summed E-state index contributed by atoms with van der Waals surface area (Å²) in [6, 6.07) is 0.774. The topological polar surface area (TPSA) is 23.5 Å². The third-order valence-corrected chi connectivity index (χ3v) is 4.19. The molecule has 0 heterocycles. The standard InChI is InChI=1S/C15H31NO/c1-3-4-11-16(12-8-13-17)15-10-7-5-6-9-14(15)2/h14-15,17H,3-13H2,1-2H3. The quantitative estimate of drug-likeness (QED) is 0.690. The highest BCUT2D eigenvalue weighted by molar-refractivity contribution is 4.79. The Morgan fingerprint density at radius 3 is 2.47 bits per heavy atom. The monoisotopic (exact) mass is 241 g/mol. The van der Waals surface area contributed by atoms with Gasteiger partial charge in [-0.25, -0.2) is 0 Å². The van der Waals surface area contributed by atoms with E-state index in [2.05, 4.69) is 18.7 Å². The number of rotatable bonds is 7. The largest absolute Gasteiger partial charge is 0.396 e. The van der Waals surface area contributed by atoms with Crippen molar-refractivity contribution in [2.24, 2.45) is 5.92 Å². The van der Waals surface area contributed by atoms with Crippen LogP contribution < -0.4 is 0 Å². The maximum absolute atomic E-state index is 9.03. The fourth-order valence-corrected chi connectivity index (χ4v) is 3.09. The predicted octanol–water partition coefficient (Wildman–Crippen LogP) is 3.44. The van der Waals surface area contributed by atoms with E-state index in [1.807, 2.05) is 0 Å². The van der Waals surface area contributed by atoms with Gasteiger partial charge in [-0.1, -0.05) is 39.5 Å². The average Bonchev–Trinajstić information content (AvgIpc) is 2.55. The number of aliphatic hydroxyl groups is 1. The lowest BCUT2D eigenvalue weighted by atomic mass is 9.95. The van der Waals surface area contributed by atoms with Gasteiger partial charge in [0.2, 0.25) is 0 Å². The lowest BCUT2D eigenvalue weighted by Crippen LogP contribution is -2.40. The second kappa shape index (κ2) is 8.93.